The molecule has 0 saturated heterocycles. The minimum Gasteiger partial charge on any atom is -0.383 e. The molecule has 2 N–H and O–H groups in total. The Morgan fingerprint density at radius 3 is 2.85 bits per heavy atom. The molecule has 1 heterocycles. The van der Waals surface area contributed by atoms with Crippen molar-refractivity contribution in [3.05, 3.63) is 47.0 Å². The molecule has 0 radical (unpaired) electrons. The second-order valence-corrected chi connectivity index (χ2v) is 5.86. The molecular weight excluding hydrogens is 321 g/mol. The standard InChI is InChI=1S/C15H15BrFN3/c1-2-7-20-14(18)13(19-15(20)9-3-4-9)11-6-5-10(17)8-12(11)16/h2,5-6,8-9H,1,3-4,7,18H2. The highest BCUT2D eigenvalue weighted by Gasteiger charge is 2.31. The van der Waals surface area contributed by atoms with Gasteiger partial charge in [0.15, 0.2) is 0 Å². The number of aromatic nitrogens is 2. The maximum atomic E-state index is 13.2. The first-order valence-electron chi connectivity index (χ1n) is 6.54. The third-order valence-electron chi connectivity index (χ3n) is 3.48. The molecule has 1 aliphatic rings. The monoisotopic (exact) mass is 335 g/mol. The first-order valence-corrected chi connectivity index (χ1v) is 7.33. The summed E-state index contributed by atoms with van der Waals surface area (Å²) >= 11 is 3.38. The summed E-state index contributed by atoms with van der Waals surface area (Å²) in [6.45, 7) is 4.41. The molecule has 1 aromatic carbocycles. The number of allylic oxidation sites excluding steroid dienone is 1. The number of halogens is 2. The highest BCUT2D eigenvalue weighted by molar-refractivity contribution is 9.10. The number of nitrogens with zero attached hydrogens (tertiary/aromatic N) is 2. The fraction of sp³-hybridized carbons (Fsp3) is 0.267. The zero-order chi connectivity index (χ0) is 14.3. The highest BCUT2D eigenvalue weighted by Crippen LogP contribution is 2.43. The van der Waals surface area contributed by atoms with Crippen LogP contribution < -0.4 is 5.73 Å². The molecule has 3 nitrogen and oxygen atoms in total. The zero-order valence-electron chi connectivity index (χ0n) is 10.9. The van der Waals surface area contributed by atoms with Crippen LogP contribution in [0.15, 0.2) is 35.3 Å². The van der Waals surface area contributed by atoms with Gasteiger partial charge in [-0.15, -0.1) is 6.58 Å². The van der Waals surface area contributed by atoms with Crippen LogP contribution in [-0.2, 0) is 6.54 Å². The molecule has 20 heavy (non-hydrogen) atoms. The van der Waals surface area contributed by atoms with E-state index in [2.05, 4.69) is 27.5 Å². The van der Waals surface area contributed by atoms with Crippen molar-refractivity contribution in [3.63, 3.8) is 0 Å². The Kier molecular flexibility index (Phi) is 3.38. The van der Waals surface area contributed by atoms with Crippen LogP contribution in [0.3, 0.4) is 0 Å². The second-order valence-electron chi connectivity index (χ2n) is 5.00. The van der Waals surface area contributed by atoms with Gasteiger partial charge in [0, 0.05) is 22.5 Å². The summed E-state index contributed by atoms with van der Waals surface area (Å²) in [5.74, 6) is 1.82. The maximum absolute atomic E-state index is 13.2. The predicted molar refractivity (Wildman–Crippen MR) is 81.9 cm³/mol. The van der Waals surface area contributed by atoms with E-state index in [0.717, 1.165) is 24.2 Å². The number of nitrogen functional groups attached to an aromatic ring is 1. The van der Waals surface area contributed by atoms with Crippen molar-refractivity contribution in [2.75, 3.05) is 5.73 Å². The SMILES string of the molecule is C=CCn1c(C2CC2)nc(-c2ccc(F)cc2Br)c1N. The molecule has 1 fully saturated rings. The number of anilines is 1. The Morgan fingerprint density at radius 2 is 2.25 bits per heavy atom. The predicted octanol–water partition coefficient (Wildman–Crippen LogP) is 4.10. The van der Waals surface area contributed by atoms with Crippen LogP contribution in [0, 0.1) is 5.82 Å². The van der Waals surface area contributed by atoms with E-state index in [9.17, 15) is 4.39 Å². The molecular formula is C15H15BrFN3. The van der Waals surface area contributed by atoms with Crippen LogP contribution in [-0.4, -0.2) is 9.55 Å². The van der Waals surface area contributed by atoms with Crippen molar-refractivity contribution in [1.82, 2.24) is 9.55 Å². The molecule has 0 atom stereocenters. The molecule has 1 saturated carbocycles. The van der Waals surface area contributed by atoms with Crippen LogP contribution >= 0.6 is 15.9 Å². The van der Waals surface area contributed by atoms with E-state index in [1.54, 1.807) is 6.07 Å². The molecule has 0 spiro atoms. The third kappa shape index (κ3) is 2.26. The van der Waals surface area contributed by atoms with Gasteiger partial charge in [0.25, 0.3) is 0 Å². The minimum absolute atomic E-state index is 0.285. The van der Waals surface area contributed by atoms with Gasteiger partial charge in [-0.25, -0.2) is 9.37 Å². The Labute approximate surface area is 125 Å². The molecule has 3 rings (SSSR count). The van der Waals surface area contributed by atoms with Gasteiger partial charge in [0.05, 0.1) is 0 Å². The first-order chi connectivity index (χ1) is 9.61. The minimum atomic E-state index is -0.285. The molecule has 1 aliphatic carbocycles. The zero-order valence-corrected chi connectivity index (χ0v) is 12.5. The van der Waals surface area contributed by atoms with Crippen LogP contribution in [0.25, 0.3) is 11.3 Å². The Balaban J connectivity index is 2.13. The number of rotatable bonds is 4. The quantitative estimate of drug-likeness (QED) is 0.855. The number of hydrogen-bond acceptors (Lipinski definition) is 2. The number of imidazole rings is 1. The smallest absolute Gasteiger partial charge is 0.132 e. The molecule has 0 aliphatic heterocycles. The molecule has 0 bridgehead atoms. The van der Waals surface area contributed by atoms with Gasteiger partial charge < -0.3 is 10.3 Å². The van der Waals surface area contributed by atoms with Crippen molar-refractivity contribution in [1.29, 1.82) is 0 Å². The summed E-state index contributed by atoms with van der Waals surface area (Å²) in [7, 11) is 0. The van der Waals surface area contributed by atoms with Gasteiger partial charge in [-0.2, -0.15) is 0 Å². The van der Waals surface area contributed by atoms with Crippen LogP contribution in [0.5, 0.6) is 0 Å². The largest absolute Gasteiger partial charge is 0.383 e. The van der Waals surface area contributed by atoms with Crippen molar-refractivity contribution in [2.24, 2.45) is 0 Å². The van der Waals surface area contributed by atoms with E-state index in [1.165, 1.54) is 12.1 Å². The molecule has 104 valence electrons. The summed E-state index contributed by atoms with van der Waals surface area (Å²) in [5.41, 5.74) is 7.76. The lowest BCUT2D eigenvalue weighted by Crippen LogP contribution is -2.05. The van der Waals surface area contributed by atoms with Crippen LogP contribution in [0.1, 0.15) is 24.6 Å². The van der Waals surface area contributed by atoms with Crippen molar-refractivity contribution in [2.45, 2.75) is 25.3 Å². The number of hydrogen-bond donors (Lipinski definition) is 1. The molecule has 1 aromatic heterocycles. The van der Waals surface area contributed by atoms with Crippen molar-refractivity contribution in [3.8, 4) is 11.3 Å². The highest BCUT2D eigenvalue weighted by atomic mass is 79.9. The fourth-order valence-corrected chi connectivity index (χ4v) is 2.88. The summed E-state index contributed by atoms with van der Waals surface area (Å²) in [6, 6.07) is 4.55. The summed E-state index contributed by atoms with van der Waals surface area (Å²) in [5, 5.41) is 0. The van der Waals surface area contributed by atoms with E-state index < -0.39 is 0 Å². The van der Waals surface area contributed by atoms with Gasteiger partial charge in [0.1, 0.15) is 23.2 Å². The van der Waals surface area contributed by atoms with Crippen LogP contribution in [0.2, 0.25) is 0 Å². The lowest BCUT2D eigenvalue weighted by Gasteiger charge is -2.06. The third-order valence-corrected chi connectivity index (χ3v) is 4.13. The van der Waals surface area contributed by atoms with Gasteiger partial charge >= 0.3 is 0 Å². The van der Waals surface area contributed by atoms with Crippen molar-refractivity contribution >= 4 is 21.7 Å². The van der Waals surface area contributed by atoms with Gasteiger partial charge in [0.2, 0.25) is 0 Å². The van der Waals surface area contributed by atoms with E-state index in [0.29, 0.717) is 28.4 Å². The average Bonchev–Trinajstić information content (AvgIpc) is 3.19. The molecule has 0 unspecified atom stereocenters. The Hall–Kier alpha value is -1.62. The van der Waals surface area contributed by atoms with E-state index in [4.69, 9.17) is 5.73 Å². The van der Waals surface area contributed by atoms with E-state index in [1.807, 2.05) is 10.6 Å². The van der Waals surface area contributed by atoms with Gasteiger partial charge in [-0.1, -0.05) is 6.08 Å². The first kappa shape index (κ1) is 13.4. The van der Waals surface area contributed by atoms with Gasteiger partial charge in [-0.3, -0.25) is 0 Å². The number of benzene rings is 1. The summed E-state index contributed by atoms with van der Waals surface area (Å²) in [6.07, 6.45) is 4.11. The lowest BCUT2D eigenvalue weighted by molar-refractivity contribution is 0.627. The maximum Gasteiger partial charge on any atom is 0.132 e. The normalized spacial score (nSPS) is 14.5. The van der Waals surface area contributed by atoms with E-state index in [-0.39, 0.29) is 5.82 Å². The van der Waals surface area contributed by atoms with Gasteiger partial charge in [-0.05, 0) is 47.0 Å². The Bertz CT molecular complexity index is 674. The molecule has 0 amide bonds. The van der Waals surface area contributed by atoms with Crippen molar-refractivity contribution < 1.29 is 4.39 Å². The number of nitrogens with two attached hydrogens (primary N) is 1. The lowest BCUT2D eigenvalue weighted by atomic mass is 10.1. The van der Waals surface area contributed by atoms with Crippen LogP contribution in [0.4, 0.5) is 10.2 Å². The molecule has 5 heteroatoms. The second kappa shape index (κ2) is 5.05. The summed E-state index contributed by atoms with van der Waals surface area (Å²) in [4.78, 5) is 4.69. The fourth-order valence-electron chi connectivity index (χ4n) is 2.34. The topological polar surface area (TPSA) is 43.8 Å². The van der Waals surface area contributed by atoms with E-state index >= 15 is 0 Å². The Morgan fingerprint density at radius 1 is 1.50 bits per heavy atom. The summed E-state index contributed by atoms with van der Waals surface area (Å²) < 4.78 is 15.9. The molecule has 2 aromatic rings. The average molecular weight is 336 g/mol.